The molecule has 0 amide bonds. The lowest BCUT2D eigenvalue weighted by Crippen LogP contribution is -2.38. The molecule has 0 aliphatic carbocycles. The Hall–Kier alpha value is -0.270. The number of allylic oxidation sites excluding steroid dienone is 1. The van der Waals surface area contributed by atoms with Crippen LogP contribution in [0.4, 0.5) is 0 Å². The van der Waals surface area contributed by atoms with E-state index in [1.54, 1.807) is 18.4 Å². The largest absolute Gasteiger partial charge is 0.356 e. The molecule has 1 rings (SSSR count). The number of thiophene rings is 1. The van der Waals surface area contributed by atoms with Crippen LogP contribution in [0.25, 0.3) is 0 Å². The zero-order chi connectivity index (χ0) is 13.4. The second-order valence-corrected chi connectivity index (χ2v) is 5.69. The Labute approximate surface area is 141 Å². The van der Waals surface area contributed by atoms with Gasteiger partial charge in [0.15, 0.2) is 5.96 Å². The Morgan fingerprint density at radius 3 is 2.79 bits per heavy atom. The van der Waals surface area contributed by atoms with Gasteiger partial charge in [0.05, 0.1) is 10.9 Å². The number of aliphatic imine (C=N–C) groups is 1. The fraction of sp³-hybridized carbons (Fsp3) is 0.462. The van der Waals surface area contributed by atoms with Gasteiger partial charge in [-0.2, -0.15) is 0 Å². The van der Waals surface area contributed by atoms with Crippen molar-refractivity contribution in [3.8, 4) is 0 Å². The van der Waals surface area contributed by atoms with Crippen LogP contribution in [0.2, 0.25) is 4.34 Å². The molecular weight excluding hydrogens is 393 g/mol. The molecule has 0 saturated carbocycles. The van der Waals surface area contributed by atoms with E-state index in [4.69, 9.17) is 11.6 Å². The van der Waals surface area contributed by atoms with Crippen molar-refractivity contribution >= 4 is 52.9 Å². The van der Waals surface area contributed by atoms with E-state index in [0.29, 0.717) is 0 Å². The highest BCUT2D eigenvalue weighted by molar-refractivity contribution is 14.0. The van der Waals surface area contributed by atoms with E-state index in [1.165, 1.54) is 4.88 Å². The Kier molecular flexibility index (Phi) is 10.4. The molecule has 0 aliphatic rings. The molecule has 0 atom stereocenters. The average molecular weight is 414 g/mol. The van der Waals surface area contributed by atoms with E-state index in [9.17, 15) is 0 Å². The molecule has 6 heteroatoms. The summed E-state index contributed by atoms with van der Waals surface area (Å²) >= 11 is 7.53. The third-order valence-electron chi connectivity index (χ3n) is 2.43. The third-order valence-corrected chi connectivity index (χ3v) is 3.64. The molecule has 3 nitrogen and oxygen atoms in total. The first kappa shape index (κ1) is 18.7. The summed E-state index contributed by atoms with van der Waals surface area (Å²) in [5.41, 5.74) is 0. The van der Waals surface area contributed by atoms with Gasteiger partial charge in [0.1, 0.15) is 0 Å². The van der Waals surface area contributed by atoms with Gasteiger partial charge >= 0.3 is 0 Å². The van der Waals surface area contributed by atoms with E-state index < -0.39 is 0 Å². The van der Waals surface area contributed by atoms with Gasteiger partial charge in [-0.1, -0.05) is 23.8 Å². The molecule has 0 fully saturated rings. The van der Waals surface area contributed by atoms with Crippen molar-refractivity contribution in [2.75, 3.05) is 20.6 Å². The molecule has 108 valence electrons. The quantitative estimate of drug-likeness (QED) is 0.260. The van der Waals surface area contributed by atoms with Gasteiger partial charge < -0.3 is 10.2 Å². The molecule has 1 heterocycles. The zero-order valence-corrected chi connectivity index (χ0v) is 15.4. The van der Waals surface area contributed by atoms with Crippen molar-refractivity contribution < 1.29 is 0 Å². The van der Waals surface area contributed by atoms with Crippen LogP contribution < -0.4 is 5.32 Å². The van der Waals surface area contributed by atoms with Crippen LogP contribution in [0.5, 0.6) is 0 Å². The van der Waals surface area contributed by atoms with Gasteiger partial charge in [0, 0.05) is 25.5 Å². The van der Waals surface area contributed by atoms with Crippen molar-refractivity contribution in [3.05, 3.63) is 33.5 Å². The van der Waals surface area contributed by atoms with E-state index in [1.807, 2.05) is 20.0 Å². The second kappa shape index (κ2) is 10.5. The van der Waals surface area contributed by atoms with Crippen molar-refractivity contribution in [2.45, 2.75) is 19.9 Å². The summed E-state index contributed by atoms with van der Waals surface area (Å²) in [6.07, 6.45) is 5.20. The van der Waals surface area contributed by atoms with Crippen LogP contribution in [0.3, 0.4) is 0 Å². The molecule has 0 aliphatic heterocycles. The molecule has 0 unspecified atom stereocenters. The molecule has 1 aromatic heterocycles. The van der Waals surface area contributed by atoms with Crippen molar-refractivity contribution in [1.29, 1.82) is 0 Å². The predicted molar refractivity (Wildman–Crippen MR) is 97.0 cm³/mol. The van der Waals surface area contributed by atoms with E-state index >= 15 is 0 Å². The maximum Gasteiger partial charge on any atom is 0.193 e. The summed E-state index contributed by atoms with van der Waals surface area (Å²) in [6.45, 7) is 3.74. The van der Waals surface area contributed by atoms with Crippen LogP contribution in [-0.2, 0) is 6.54 Å². The van der Waals surface area contributed by atoms with Crippen molar-refractivity contribution in [1.82, 2.24) is 10.2 Å². The van der Waals surface area contributed by atoms with Gasteiger partial charge in [-0.05, 0) is 25.5 Å². The summed E-state index contributed by atoms with van der Waals surface area (Å²) in [6, 6.07) is 3.98. The van der Waals surface area contributed by atoms with Crippen LogP contribution >= 0.6 is 46.9 Å². The average Bonchev–Trinajstić information content (AvgIpc) is 2.75. The first-order valence-electron chi connectivity index (χ1n) is 5.94. The molecule has 0 bridgehead atoms. The monoisotopic (exact) mass is 413 g/mol. The zero-order valence-electron chi connectivity index (χ0n) is 11.5. The SMILES string of the molecule is C/C=C/CCNC(=NC)N(C)Cc1ccc(Cl)s1.I. The summed E-state index contributed by atoms with van der Waals surface area (Å²) in [7, 11) is 3.83. The Balaban J connectivity index is 0.00000324. The number of hydrogen-bond donors (Lipinski definition) is 1. The third kappa shape index (κ3) is 7.17. The molecular formula is C13H21ClIN3S. The molecule has 1 aromatic rings. The van der Waals surface area contributed by atoms with Gasteiger partial charge in [0.2, 0.25) is 0 Å². The molecule has 19 heavy (non-hydrogen) atoms. The van der Waals surface area contributed by atoms with Crippen molar-refractivity contribution in [3.63, 3.8) is 0 Å². The number of nitrogens with zero attached hydrogens (tertiary/aromatic N) is 2. The highest BCUT2D eigenvalue weighted by Crippen LogP contribution is 2.22. The minimum atomic E-state index is 0. The standard InChI is InChI=1S/C13H20ClN3S.HI/c1-4-5-6-9-16-13(15-2)17(3)10-11-7-8-12(14)18-11;/h4-5,7-8H,6,9-10H2,1-3H3,(H,15,16);1H/b5-4+;. The van der Waals surface area contributed by atoms with E-state index in [2.05, 4.69) is 33.4 Å². The Morgan fingerprint density at radius 2 is 2.26 bits per heavy atom. The first-order valence-corrected chi connectivity index (χ1v) is 7.14. The molecule has 0 saturated heterocycles. The fourth-order valence-corrected chi connectivity index (χ4v) is 2.71. The van der Waals surface area contributed by atoms with Crippen LogP contribution in [0.1, 0.15) is 18.2 Å². The lowest BCUT2D eigenvalue weighted by Gasteiger charge is -2.21. The molecule has 0 aromatic carbocycles. The number of guanidine groups is 1. The molecule has 0 spiro atoms. The highest BCUT2D eigenvalue weighted by Gasteiger charge is 2.07. The number of nitrogens with one attached hydrogen (secondary N) is 1. The fourth-order valence-electron chi connectivity index (χ4n) is 1.56. The number of halogens is 2. The van der Waals surface area contributed by atoms with Crippen LogP contribution in [0, 0.1) is 0 Å². The van der Waals surface area contributed by atoms with E-state index in [0.717, 1.165) is 29.8 Å². The molecule has 0 radical (unpaired) electrons. The van der Waals surface area contributed by atoms with Gasteiger partial charge in [0.25, 0.3) is 0 Å². The van der Waals surface area contributed by atoms with Crippen molar-refractivity contribution in [2.24, 2.45) is 4.99 Å². The summed E-state index contributed by atoms with van der Waals surface area (Å²) in [4.78, 5) is 7.60. The predicted octanol–water partition coefficient (Wildman–Crippen LogP) is 3.99. The normalized spacial score (nSPS) is 11.5. The summed E-state index contributed by atoms with van der Waals surface area (Å²) in [5, 5.41) is 3.33. The maximum atomic E-state index is 5.92. The first-order chi connectivity index (χ1) is 8.67. The van der Waals surface area contributed by atoms with Crippen LogP contribution in [-0.4, -0.2) is 31.5 Å². The maximum absolute atomic E-state index is 5.92. The Morgan fingerprint density at radius 1 is 1.53 bits per heavy atom. The summed E-state index contributed by atoms with van der Waals surface area (Å²) in [5.74, 6) is 0.907. The lowest BCUT2D eigenvalue weighted by molar-refractivity contribution is 0.482. The van der Waals surface area contributed by atoms with Gasteiger partial charge in [-0.3, -0.25) is 4.99 Å². The minimum absolute atomic E-state index is 0. The number of hydrogen-bond acceptors (Lipinski definition) is 2. The number of rotatable bonds is 5. The van der Waals surface area contributed by atoms with Crippen LogP contribution in [0.15, 0.2) is 29.3 Å². The Bertz CT molecular complexity index is 418. The van der Waals surface area contributed by atoms with E-state index in [-0.39, 0.29) is 24.0 Å². The lowest BCUT2D eigenvalue weighted by atomic mass is 10.4. The topological polar surface area (TPSA) is 27.6 Å². The molecule has 1 N–H and O–H groups in total. The highest BCUT2D eigenvalue weighted by atomic mass is 127. The smallest absolute Gasteiger partial charge is 0.193 e. The minimum Gasteiger partial charge on any atom is -0.356 e. The second-order valence-electron chi connectivity index (χ2n) is 3.89. The van der Waals surface area contributed by atoms with Gasteiger partial charge in [-0.15, -0.1) is 35.3 Å². The summed E-state index contributed by atoms with van der Waals surface area (Å²) < 4.78 is 0.828. The van der Waals surface area contributed by atoms with Gasteiger partial charge in [-0.25, -0.2) is 0 Å².